The number of nitrogens with one attached hydrogen (secondary N) is 1. The lowest BCUT2D eigenvalue weighted by Gasteiger charge is -2.26. The van der Waals surface area contributed by atoms with Crippen molar-refractivity contribution in [1.29, 1.82) is 0 Å². The second-order valence-electron chi connectivity index (χ2n) is 8.36. The van der Waals surface area contributed by atoms with E-state index in [0.29, 0.717) is 23.4 Å². The molecule has 168 valence electrons. The number of hydrogen-bond acceptors (Lipinski definition) is 6. The molecule has 1 aliphatic carbocycles. The average Bonchev–Trinajstić information content (AvgIpc) is 2.99. The van der Waals surface area contributed by atoms with Gasteiger partial charge in [0.2, 0.25) is 17.7 Å². The highest BCUT2D eigenvalue weighted by Gasteiger charge is 2.51. The van der Waals surface area contributed by atoms with Gasteiger partial charge in [0.25, 0.3) is 0 Å². The van der Waals surface area contributed by atoms with E-state index in [2.05, 4.69) is 5.32 Å². The van der Waals surface area contributed by atoms with Crippen LogP contribution in [0.1, 0.15) is 56.3 Å². The van der Waals surface area contributed by atoms with Crippen LogP contribution in [0.3, 0.4) is 0 Å². The number of amides is 3. The maximum absolute atomic E-state index is 13.1. The summed E-state index contributed by atoms with van der Waals surface area (Å²) in [5.74, 6) is -1.13. The summed E-state index contributed by atoms with van der Waals surface area (Å²) in [7, 11) is 0. The molecular weight excluding hydrogens is 416 g/mol. The Morgan fingerprint density at radius 2 is 1.68 bits per heavy atom. The zero-order valence-corrected chi connectivity index (χ0v) is 19.1. The molecule has 0 bridgehead atoms. The number of ether oxygens (including phenoxy) is 1. The number of carbonyl (C=O) groups excluding carboxylic acids is 4. The molecule has 2 fully saturated rings. The van der Waals surface area contributed by atoms with Gasteiger partial charge in [0.15, 0.2) is 0 Å². The summed E-state index contributed by atoms with van der Waals surface area (Å²) >= 11 is 1.57. The molecule has 2 aliphatic rings. The SMILES string of the molecule is CSCCC(C(=O)Nc1ccc(C(=O)OC(C)C)cc1)N1C(=O)C2CCCCC2C1=O. The van der Waals surface area contributed by atoms with E-state index in [-0.39, 0.29) is 35.7 Å². The van der Waals surface area contributed by atoms with Crippen molar-refractivity contribution in [3.05, 3.63) is 29.8 Å². The fraction of sp³-hybridized carbons (Fsp3) is 0.565. The molecule has 0 spiro atoms. The third kappa shape index (κ3) is 5.29. The molecule has 0 radical (unpaired) electrons. The Morgan fingerprint density at radius 1 is 1.10 bits per heavy atom. The maximum Gasteiger partial charge on any atom is 0.338 e. The second-order valence-corrected chi connectivity index (χ2v) is 9.35. The summed E-state index contributed by atoms with van der Waals surface area (Å²) in [6.07, 6.45) is 5.44. The monoisotopic (exact) mass is 446 g/mol. The fourth-order valence-corrected chi connectivity index (χ4v) is 4.76. The summed E-state index contributed by atoms with van der Waals surface area (Å²) in [6.45, 7) is 3.55. The highest BCUT2D eigenvalue weighted by atomic mass is 32.2. The van der Waals surface area contributed by atoms with Crippen LogP contribution in [0.5, 0.6) is 0 Å². The zero-order valence-electron chi connectivity index (χ0n) is 18.3. The van der Waals surface area contributed by atoms with Crippen molar-refractivity contribution in [3.8, 4) is 0 Å². The molecule has 1 aliphatic heterocycles. The first kappa shape index (κ1) is 23.3. The Labute approximate surface area is 187 Å². The molecule has 1 heterocycles. The molecule has 8 heteroatoms. The van der Waals surface area contributed by atoms with Crippen molar-refractivity contribution in [3.63, 3.8) is 0 Å². The van der Waals surface area contributed by atoms with Crippen LogP contribution in [0.4, 0.5) is 5.69 Å². The lowest BCUT2D eigenvalue weighted by Crippen LogP contribution is -2.48. The van der Waals surface area contributed by atoms with Crippen LogP contribution < -0.4 is 5.32 Å². The Hall–Kier alpha value is -2.35. The standard InChI is InChI=1S/C23H30N2O5S/c1-14(2)30-23(29)15-8-10-16(11-9-15)24-20(26)19(12-13-31-3)25-21(27)17-6-4-5-7-18(17)22(25)28/h8-11,14,17-19H,4-7,12-13H2,1-3H3,(H,24,26). The van der Waals surface area contributed by atoms with Gasteiger partial charge in [0.1, 0.15) is 6.04 Å². The Bertz CT molecular complexity index is 815. The van der Waals surface area contributed by atoms with E-state index in [9.17, 15) is 19.2 Å². The van der Waals surface area contributed by atoms with Crippen molar-refractivity contribution < 1.29 is 23.9 Å². The molecule has 1 saturated carbocycles. The normalized spacial score (nSPS) is 21.7. The minimum atomic E-state index is -0.830. The second kappa shape index (κ2) is 10.3. The zero-order chi connectivity index (χ0) is 22.5. The first-order chi connectivity index (χ1) is 14.8. The van der Waals surface area contributed by atoms with Crippen LogP contribution >= 0.6 is 11.8 Å². The average molecular weight is 447 g/mol. The lowest BCUT2D eigenvalue weighted by molar-refractivity contribution is -0.146. The smallest absolute Gasteiger partial charge is 0.338 e. The summed E-state index contributed by atoms with van der Waals surface area (Å²) in [4.78, 5) is 52.3. The molecule has 31 heavy (non-hydrogen) atoms. The number of hydrogen-bond donors (Lipinski definition) is 1. The van der Waals surface area contributed by atoms with Crippen LogP contribution in [0.15, 0.2) is 24.3 Å². The van der Waals surface area contributed by atoms with E-state index in [4.69, 9.17) is 4.74 Å². The molecule has 3 amide bonds. The molecule has 7 nitrogen and oxygen atoms in total. The van der Waals surface area contributed by atoms with Gasteiger partial charge in [0, 0.05) is 5.69 Å². The number of likely N-dealkylation sites (tertiary alicyclic amines) is 1. The summed E-state index contributed by atoms with van der Waals surface area (Å²) < 4.78 is 5.17. The molecule has 3 rings (SSSR count). The molecule has 1 N–H and O–H groups in total. The summed E-state index contributed by atoms with van der Waals surface area (Å²) in [5.41, 5.74) is 0.886. The number of fused-ring (bicyclic) bond motifs is 1. The van der Waals surface area contributed by atoms with Crippen molar-refractivity contribution in [2.45, 2.75) is 58.1 Å². The Kier molecular flexibility index (Phi) is 7.75. The number of anilines is 1. The maximum atomic E-state index is 13.1. The van der Waals surface area contributed by atoms with Crippen molar-refractivity contribution in [1.82, 2.24) is 4.90 Å². The van der Waals surface area contributed by atoms with Gasteiger partial charge < -0.3 is 10.1 Å². The molecule has 3 unspecified atom stereocenters. The van der Waals surface area contributed by atoms with Gasteiger partial charge in [-0.1, -0.05) is 12.8 Å². The molecule has 1 aromatic rings. The number of esters is 1. The van der Waals surface area contributed by atoms with E-state index in [1.807, 2.05) is 6.26 Å². The highest BCUT2D eigenvalue weighted by Crippen LogP contribution is 2.39. The van der Waals surface area contributed by atoms with Crippen LogP contribution in [0.2, 0.25) is 0 Å². The third-order valence-corrected chi connectivity index (χ3v) is 6.46. The first-order valence-electron chi connectivity index (χ1n) is 10.8. The number of nitrogens with zero attached hydrogens (tertiary/aromatic N) is 1. The van der Waals surface area contributed by atoms with Crippen LogP contribution in [0.25, 0.3) is 0 Å². The van der Waals surface area contributed by atoms with E-state index < -0.39 is 12.0 Å². The molecule has 1 aromatic carbocycles. The first-order valence-corrected chi connectivity index (χ1v) is 12.2. The highest BCUT2D eigenvalue weighted by molar-refractivity contribution is 7.98. The van der Waals surface area contributed by atoms with E-state index in [1.165, 1.54) is 4.90 Å². The Balaban J connectivity index is 1.74. The quantitative estimate of drug-likeness (QED) is 0.485. The molecule has 3 atom stereocenters. The predicted octanol–water partition coefficient (Wildman–Crippen LogP) is 3.49. The summed E-state index contributed by atoms with van der Waals surface area (Å²) in [6, 6.07) is 5.57. The number of imide groups is 1. The Morgan fingerprint density at radius 3 is 2.19 bits per heavy atom. The van der Waals surface area contributed by atoms with Gasteiger partial charge in [-0.2, -0.15) is 11.8 Å². The van der Waals surface area contributed by atoms with Crippen LogP contribution in [-0.2, 0) is 19.1 Å². The number of carbonyl (C=O) groups is 4. The minimum Gasteiger partial charge on any atom is -0.459 e. The molecule has 1 saturated heterocycles. The van der Waals surface area contributed by atoms with Gasteiger partial charge in [-0.15, -0.1) is 0 Å². The van der Waals surface area contributed by atoms with E-state index in [0.717, 1.165) is 25.7 Å². The predicted molar refractivity (Wildman–Crippen MR) is 120 cm³/mol. The van der Waals surface area contributed by atoms with Gasteiger partial charge >= 0.3 is 5.97 Å². The van der Waals surface area contributed by atoms with E-state index >= 15 is 0 Å². The molecule has 0 aromatic heterocycles. The fourth-order valence-electron chi connectivity index (χ4n) is 4.30. The molecular formula is C23H30N2O5S. The largest absolute Gasteiger partial charge is 0.459 e. The van der Waals surface area contributed by atoms with Crippen LogP contribution in [0, 0.1) is 11.8 Å². The number of thioether (sulfide) groups is 1. The summed E-state index contributed by atoms with van der Waals surface area (Å²) in [5, 5.41) is 2.81. The van der Waals surface area contributed by atoms with E-state index in [1.54, 1.807) is 49.9 Å². The topological polar surface area (TPSA) is 92.8 Å². The van der Waals surface area contributed by atoms with Gasteiger partial charge in [-0.05, 0) is 69.4 Å². The van der Waals surface area contributed by atoms with Gasteiger partial charge in [-0.25, -0.2) is 4.79 Å². The van der Waals surface area contributed by atoms with Crippen molar-refractivity contribution >= 4 is 41.1 Å². The van der Waals surface area contributed by atoms with Gasteiger partial charge in [0.05, 0.1) is 23.5 Å². The van der Waals surface area contributed by atoms with Crippen molar-refractivity contribution in [2.24, 2.45) is 11.8 Å². The van der Waals surface area contributed by atoms with Crippen molar-refractivity contribution in [2.75, 3.05) is 17.3 Å². The minimum absolute atomic E-state index is 0.206. The lowest BCUT2D eigenvalue weighted by atomic mass is 9.81. The number of rotatable bonds is 8. The van der Waals surface area contributed by atoms with Gasteiger partial charge in [-0.3, -0.25) is 19.3 Å². The number of benzene rings is 1. The third-order valence-electron chi connectivity index (χ3n) is 5.82. The van der Waals surface area contributed by atoms with Crippen LogP contribution in [-0.4, -0.2) is 52.7 Å².